The Kier molecular flexibility index (Phi) is 5.72. The first-order chi connectivity index (χ1) is 10.2. The van der Waals surface area contributed by atoms with Gasteiger partial charge in [0.1, 0.15) is 17.1 Å². The molecule has 110 valence electrons. The van der Waals surface area contributed by atoms with Crippen molar-refractivity contribution in [3.05, 3.63) is 54.8 Å². The summed E-state index contributed by atoms with van der Waals surface area (Å²) in [7, 11) is 0. The van der Waals surface area contributed by atoms with E-state index < -0.39 is 0 Å². The lowest BCUT2D eigenvalue weighted by atomic mass is 10.2. The van der Waals surface area contributed by atoms with Gasteiger partial charge in [-0.3, -0.25) is 0 Å². The van der Waals surface area contributed by atoms with E-state index in [2.05, 4.69) is 19.6 Å². The smallest absolute Gasteiger partial charge is 0.134 e. The van der Waals surface area contributed by atoms with Crippen LogP contribution in [0.4, 0.5) is 0 Å². The largest absolute Gasteiger partial charge is 0.464 e. The molecule has 1 heterocycles. The molecule has 0 saturated heterocycles. The van der Waals surface area contributed by atoms with Gasteiger partial charge in [-0.2, -0.15) is 0 Å². The lowest BCUT2D eigenvalue weighted by molar-refractivity contribution is 0.482. The number of rotatable bonds is 3. The molecule has 3 nitrogen and oxygen atoms in total. The van der Waals surface area contributed by atoms with Crippen LogP contribution in [0.5, 0.6) is 11.5 Å². The van der Waals surface area contributed by atoms with E-state index in [1.54, 1.807) is 6.26 Å². The second-order valence-corrected chi connectivity index (χ2v) is 5.02. The number of furan rings is 1. The molecule has 3 rings (SSSR count). The van der Waals surface area contributed by atoms with E-state index in [0.717, 1.165) is 40.3 Å². The molecule has 0 spiro atoms. The molecular weight excluding hydrogens is 282 g/mol. The highest BCUT2D eigenvalue weighted by Crippen LogP contribution is 2.26. The van der Waals surface area contributed by atoms with Crippen LogP contribution in [0.25, 0.3) is 11.0 Å². The van der Waals surface area contributed by atoms with Crippen LogP contribution in [-0.2, 0) is 0 Å². The van der Waals surface area contributed by atoms with Crippen molar-refractivity contribution >= 4 is 23.6 Å². The van der Waals surface area contributed by atoms with Crippen LogP contribution < -0.4 is 10.5 Å². The molecule has 0 aliphatic rings. The molecule has 0 radical (unpaired) electrons. The van der Waals surface area contributed by atoms with Crippen LogP contribution >= 0.6 is 12.6 Å². The van der Waals surface area contributed by atoms with Gasteiger partial charge in [0.15, 0.2) is 0 Å². The fraction of sp³-hybridized carbons (Fsp3) is 0.176. The molecule has 21 heavy (non-hydrogen) atoms. The second kappa shape index (κ2) is 7.76. The Morgan fingerprint density at radius 3 is 2.38 bits per heavy atom. The van der Waals surface area contributed by atoms with E-state index in [1.165, 1.54) is 0 Å². The van der Waals surface area contributed by atoms with Gasteiger partial charge < -0.3 is 14.9 Å². The first kappa shape index (κ1) is 15.5. The Labute approximate surface area is 130 Å². The molecular formula is C17H19NO2S. The minimum Gasteiger partial charge on any atom is -0.464 e. The molecule has 0 amide bonds. The number of thiol groups is 1. The minimum atomic E-state index is 0.797. The van der Waals surface area contributed by atoms with Crippen LogP contribution in [0.1, 0.15) is 13.3 Å². The highest BCUT2D eigenvalue weighted by atomic mass is 32.1. The quantitative estimate of drug-likeness (QED) is 0.679. The zero-order valence-electron chi connectivity index (χ0n) is 12.0. The van der Waals surface area contributed by atoms with E-state index >= 15 is 0 Å². The topological polar surface area (TPSA) is 48.4 Å². The summed E-state index contributed by atoms with van der Waals surface area (Å²) in [5, 5.41) is 1.04. The Balaban J connectivity index is 0.000000361. The van der Waals surface area contributed by atoms with Crippen LogP contribution in [0.15, 0.2) is 64.1 Å². The molecule has 2 N–H and O–H groups in total. The summed E-state index contributed by atoms with van der Waals surface area (Å²) >= 11 is 4.23. The molecule has 0 fully saturated rings. The van der Waals surface area contributed by atoms with Crippen molar-refractivity contribution in [1.82, 2.24) is 0 Å². The van der Waals surface area contributed by atoms with Crippen LogP contribution in [-0.4, -0.2) is 6.54 Å². The van der Waals surface area contributed by atoms with Crippen molar-refractivity contribution in [1.29, 1.82) is 0 Å². The SMILES string of the molecule is CCCN.Sc1ccc(Oc2ccc3occc3c2)cc1. The number of hydrogen-bond acceptors (Lipinski definition) is 4. The van der Waals surface area contributed by atoms with Crippen LogP contribution in [0.3, 0.4) is 0 Å². The molecule has 1 aromatic heterocycles. The molecule has 0 saturated carbocycles. The van der Waals surface area contributed by atoms with Crippen molar-refractivity contribution in [3.63, 3.8) is 0 Å². The number of ether oxygens (including phenoxy) is 1. The third kappa shape index (κ3) is 4.55. The van der Waals surface area contributed by atoms with Crippen molar-refractivity contribution in [2.45, 2.75) is 18.2 Å². The van der Waals surface area contributed by atoms with Crippen molar-refractivity contribution in [3.8, 4) is 11.5 Å². The van der Waals surface area contributed by atoms with Crippen molar-refractivity contribution in [2.24, 2.45) is 5.73 Å². The summed E-state index contributed by atoms with van der Waals surface area (Å²) in [6, 6.07) is 15.2. The maximum Gasteiger partial charge on any atom is 0.134 e. The Morgan fingerprint density at radius 1 is 1.05 bits per heavy atom. The molecule has 0 unspecified atom stereocenters. The van der Waals surface area contributed by atoms with Gasteiger partial charge in [-0.1, -0.05) is 6.92 Å². The standard InChI is InChI=1S/C14H10O2S.C3H9N/c17-13-4-1-11(2-5-13)16-12-3-6-14-10(9-12)7-8-15-14;1-2-3-4/h1-9,17H;2-4H2,1H3. The molecule has 0 atom stereocenters. The third-order valence-corrected chi connectivity index (χ3v) is 3.08. The van der Waals surface area contributed by atoms with Gasteiger partial charge in [0.2, 0.25) is 0 Å². The summed E-state index contributed by atoms with van der Waals surface area (Å²) in [5.74, 6) is 1.59. The van der Waals surface area contributed by atoms with Gasteiger partial charge in [-0.05, 0) is 61.5 Å². The molecule has 0 aliphatic carbocycles. The average molecular weight is 301 g/mol. The summed E-state index contributed by atoms with van der Waals surface area (Å²) in [5.41, 5.74) is 5.89. The first-order valence-corrected chi connectivity index (χ1v) is 7.32. The zero-order chi connectivity index (χ0) is 15.1. The lowest BCUT2D eigenvalue weighted by Crippen LogP contribution is -1.93. The molecule has 2 aromatic carbocycles. The van der Waals surface area contributed by atoms with Gasteiger partial charge in [0.05, 0.1) is 6.26 Å². The van der Waals surface area contributed by atoms with E-state index in [1.807, 2.05) is 48.5 Å². The third-order valence-electron chi connectivity index (χ3n) is 2.78. The number of nitrogens with two attached hydrogens (primary N) is 1. The van der Waals surface area contributed by atoms with Gasteiger partial charge in [-0.15, -0.1) is 12.6 Å². The normalized spacial score (nSPS) is 10.0. The molecule has 3 aromatic rings. The van der Waals surface area contributed by atoms with Gasteiger partial charge >= 0.3 is 0 Å². The number of benzene rings is 2. The highest BCUT2D eigenvalue weighted by Gasteiger charge is 2.01. The minimum absolute atomic E-state index is 0.797. The monoisotopic (exact) mass is 301 g/mol. The first-order valence-electron chi connectivity index (χ1n) is 6.87. The summed E-state index contributed by atoms with van der Waals surface area (Å²) in [6.45, 7) is 2.88. The van der Waals surface area contributed by atoms with Crippen LogP contribution in [0.2, 0.25) is 0 Å². The number of fused-ring (bicyclic) bond motifs is 1. The van der Waals surface area contributed by atoms with Gasteiger partial charge in [-0.25, -0.2) is 0 Å². The van der Waals surface area contributed by atoms with Crippen LogP contribution in [0, 0.1) is 0 Å². The van der Waals surface area contributed by atoms with Gasteiger partial charge in [0.25, 0.3) is 0 Å². The van der Waals surface area contributed by atoms with E-state index in [-0.39, 0.29) is 0 Å². The Bertz CT molecular complexity index is 675. The summed E-state index contributed by atoms with van der Waals surface area (Å²) in [6.07, 6.45) is 2.77. The predicted molar refractivity (Wildman–Crippen MR) is 89.3 cm³/mol. The lowest BCUT2D eigenvalue weighted by Gasteiger charge is -2.05. The van der Waals surface area contributed by atoms with Gasteiger partial charge in [0, 0.05) is 10.3 Å². The molecule has 0 bridgehead atoms. The summed E-state index contributed by atoms with van der Waals surface area (Å²) in [4.78, 5) is 0.919. The maximum atomic E-state index is 5.74. The van der Waals surface area contributed by atoms with E-state index in [4.69, 9.17) is 14.9 Å². The van der Waals surface area contributed by atoms with Crippen molar-refractivity contribution < 1.29 is 9.15 Å². The fourth-order valence-electron chi connectivity index (χ4n) is 1.66. The summed E-state index contributed by atoms with van der Waals surface area (Å²) < 4.78 is 11.0. The second-order valence-electron chi connectivity index (χ2n) is 4.50. The number of hydrogen-bond donors (Lipinski definition) is 2. The van der Waals surface area contributed by atoms with E-state index in [9.17, 15) is 0 Å². The Hall–Kier alpha value is -1.91. The van der Waals surface area contributed by atoms with Crippen molar-refractivity contribution in [2.75, 3.05) is 6.54 Å². The zero-order valence-corrected chi connectivity index (χ0v) is 12.8. The Morgan fingerprint density at radius 2 is 1.71 bits per heavy atom. The fourth-order valence-corrected chi connectivity index (χ4v) is 1.81. The highest BCUT2D eigenvalue weighted by molar-refractivity contribution is 7.80. The maximum absolute atomic E-state index is 5.74. The predicted octanol–water partition coefficient (Wildman–Crippen LogP) is 4.87. The molecule has 0 aliphatic heterocycles. The van der Waals surface area contributed by atoms with E-state index in [0.29, 0.717) is 0 Å². The average Bonchev–Trinajstić information content (AvgIpc) is 2.97. The molecule has 4 heteroatoms.